The van der Waals surface area contributed by atoms with Gasteiger partial charge in [0.2, 0.25) is 0 Å². The van der Waals surface area contributed by atoms with Gasteiger partial charge in [-0.2, -0.15) is 0 Å². The number of hydrogen-bond donors (Lipinski definition) is 1. The number of fused-ring (bicyclic) bond motifs is 1. The molecule has 0 radical (unpaired) electrons. The molecule has 3 aliphatic rings. The number of carbonyl (C=O) groups is 1. The van der Waals surface area contributed by atoms with Crippen molar-refractivity contribution in [2.45, 2.75) is 43.7 Å². The van der Waals surface area contributed by atoms with Gasteiger partial charge in [-0.25, -0.2) is 14.8 Å². The molecule has 0 aromatic carbocycles. The van der Waals surface area contributed by atoms with E-state index in [9.17, 15) is 9.90 Å². The van der Waals surface area contributed by atoms with Gasteiger partial charge in [-0.15, -0.1) is 0 Å². The van der Waals surface area contributed by atoms with Gasteiger partial charge < -0.3 is 9.84 Å². The fourth-order valence-corrected chi connectivity index (χ4v) is 3.37. The number of aromatic nitrogens is 2. The first-order valence-corrected chi connectivity index (χ1v) is 7.68. The fraction of sp³-hybridized carbons (Fsp3) is 0.667. The average molecular weight is 289 g/mol. The predicted octanol–water partition coefficient (Wildman–Crippen LogP) is 1.59. The highest BCUT2D eigenvalue weighted by atomic mass is 16.5. The molecule has 21 heavy (non-hydrogen) atoms. The number of aromatic carboxylic acids is 1. The minimum absolute atomic E-state index is 0.125. The third-order valence-corrected chi connectivity index (χ3v) is 4.71. The molecular weight excluding hydrogens is 270 g/mol. The van der Waals surface area contributed by atoms with Crippen LogP contribution in [0.2, 0.25) is 0 Å². The summed E-state index contributed by atoms with van der Waals surface area (Å²) >= 11 is 0. The van der Waals surface area contributed by atoms with Crippen LogP contribution in [0.25, 0.3) is 0 Å². The van der Waals surface area contributed by atoms with Crippen molar-refractivity contribution >= 4 is 5.97 Å². The molecule has 1 aromatic heterocycles. The molecule has 2 saturated heterocycles. The molecule has 3 heterocycles. The molecule has 3 fully saturated rings. The molecule has 4 rings (SSSR count). The summed E-state index contributed by atoms with van der Waals surface area (Å²) in [6.45, 7) is 2.67. The standard InChI is InChI=1S/C15H19N3O3/c19-15(20)11-6-16-14(17-13(11)9-3-4-9)12-7-18-5-1-2-10(18)8-21-12/h6,9-10,12H,1-5,7-8H2,(H,19,20). The Balaban J connectivity index is 1.60. The maximum atomic E-state index is 11.3. The van der Waals surface area contributed by atoms with E-state index in [2.05, 4.69) is 14.9 Å². The quantitative estimate of drug-likeness (QED) is 0.910. The second-order valence-corrected chi connectivity index (χ2v) is 6.22. The van der Waals surface area contributed by atoms with E-state index in [4.69, 9.17) is 4.74 Å². The number of rotatable bonds is 3. The van der Waals surface area contributed by atoms with E-state index in [1.165, 1.54) is 19.0 Å². The SMILES string of the molecule is O=C(O)c1cnc(C2CN3CCCC3CO2)nc1C1CC1. The number of nitrogens with zero attached hydrogens (tertiary/aromatic N) is 3. The molecule has 1 N–H and O–H groups in total. The van der Waals surface area contributed by atoms with Crippen molar-refractivity contribution in [2.24, 2.45) is 0 Å². The van der Waals surface area contributed by atoms with Crippen LogP contribution >= 0.6 is 0 Å². The van der Waals surface area contributed by atoms with Crippen molar-refractivity contribution in [3.05, 3.63) is 23.3 Å². The van der Waals surface area contributed by atoms with Gasteiger partial charge in [0.05, 0.1) is 17.9 Å². The van der Waals surface area contributed by atoms with Crippen LogP contribution < -0.4 is 0 Å². The fourth-order valence-electron chi connectivity index (χ4n) is 3.37. The van der Waals surface area contributed by atoms with Gasteiger partial charge in [-0.1, -0.05) is 0 Å². The third-order valence-electron chi connectivity index (χ3n) is 4.71. The molecular formula is C15H19N3O3. The van der Waals surface area contributed by atoms with Gasteiger partial charge >= 0.3 is 5.97 Å². The highest BCUT2D eigenvalue weighted by molar-refractivity contribution is 5.88. The van der Waals surface area contributed by atoms with E-state index in [-0.39, 0.29) is 11.7 Å². The van der Waals surface area contributed by atoms with Gasteiger partial charge in [-0.05, 0) is 32.2 Å². The van der Waals surface area contributed by atoms with E-state index in [0.717, 1.165) is 32.5 Å². The Morgan fingerprint density at radius 3 is 3.00 bits per heavy atom. The van der Waals surface area contributed by atoms with Crippen LogP contribution in [0.15, 0.2) is 6.20 Å². The zero-order valence-electron chi connectivity index (χ0n) is 11.9. The topological polar surface area (TPSA) is 75.5 Å². The summed E-state index contributed by atoms with van der Waals surface area (Å²) in [4.78, 5) is 22.5. The second kappa shape index (κ2) is 5.03. The minimum Gasteiger partial charge on any atom is -0.478 e. The molecule has 112 valence electrons. The summed E-state index contributed by atoms with van der Waals surface area (Å²) in [6, 6.07) is 0.544. The van der Waals surface area contributed by atoms with Crippen molar-refractivity contribution in [1.29, 1.82) is 0 Å². The lowest BCUT2D eigenvalue weighted by Gasteiger charge is -2.34. The molecule has 1 aromatic rings. The van der Waals surface area contributed by atoms with Gasteiger partial charge in [0, 0.05) is 24.7 Å². The van der Waals surface area contributed by atoms with Crippen LogP contribution in [0.3, 0.4) is 0 Å². The summed E-state index contributed by atoms with van der Waals surface area (Å²) in [5.74, 6) is 0.000783. The van der Waals surface area contributed by atoms with Gasteiger partial charge in [0.1, 0.15) is 6.10 Å². The highest BCUT2D eigenvalue weighted by Crippen LogP contribution is 2.41. The summed E-state index contributed by atoms with van der Waals surface area (Å²) in [6.07, 6.45) is 5.82. The lowest BCUT2D eigenvalue weighted by Crippen LogP contribution is -2.43. The molecule has 2 unspecified atom stereocenters. The van der Waals surface area contributed by atoms with Gasteiger partial charge in [0.15, 0.2) is 5.82 Å². The number of carboxylic acids is 1. The number of hydrogen-bond acceptors (Lipinski definition) is 5. The highest BCUT2D eigenvalue weighted by Gasteiger charge is 2.36. The maximum absolute atomic E-state index is 11.3. The largest absolute Gasteiger partial charge is 0.478 e. The third kappa shape index (κ3) is 2.42. The van der Waals surface area contributed by atoms with E-state index in [1.807, 2.05) is 0 Å². The first-order valence-electron chi connectivity index (χ1n) is 7.68. The van der Waals surface area contributed by atoms with Crippen molar-refractivity contribution in [2.75, 3.05) is 19.7 Å². The Kier molecular flexibility index (Phi) is 3.15. The molecule has 0 spiro atoms. The summed E-state index contributed by atoms with van der Waals surface area (Å²) in [7, 11) is 0. The Morgan fingerprint density at radius 1 is 1.38 bits per heavy atom. The van der Waals surface area contributed by atoms with E-state index >= 15 is 0 Å². The van der Waals surface area contributed by atoms with Crippen LogP contribution in [0.4, 0.5) is 0 Å². The molecule has 6 nitrogen and oxygen atoms in total. The normalized spacial score (nSPS) is 29.3. The molecule has 6 heteroatoms. The monoisotopic (exact) mass is 289 g/mol. The smallest absolute Gasteiger partial charge is 0.339 e. The molecule has 0 bridgehead atoms. The molecule has 2 aliphatic heterocycles. The van der Waals surface area contributed by atoms with Gasteiger partial charge in [-0.3, -0.25) is 4.90 Å². The van der Waals surface area contributed by atoms with E-state index in [0.29, 0.717) is 23.5 Å². The average Bonchev–Trinajstić information content (AvgIpc) is 3.24. The van der Waals surface area contributed by atoms with Gasteiger partial charge in [0.25, 0.3) is 0 Å². The van der Waals surface area contributed by atoms with Crippen molar-refractivity contribution < 1.29 is 14.6 Å². The predicted molar refractivity (Wildman–Crippen MR) is 74.3 cm³/mol. The molecule has 2 atom stereocenters. The van der Waals surface area contributed by atoms with E-state index < -0.39 is 5.97 Å². The summed E-state index contributed by atoms with van der Waals surface area (Å²) in [5, 5.41) is 9.25. The maximum Gasteiger partial charge on any atom is 0.339 e. The van der Waals surface area contributed by atoms with Crippen molar-refractivity contribution in [3.8, 4) is 0 Å². The van der Waals surface area contributed by atoms with Crippen LogP contribution in [-0.2, 0) is 4.74 Å². The van der Waals surface area contributed by atoms with Crippen molar-refractivity contribution in [1.82, 2.24) is 14.9 Å². The molecule has 1 aliphatic carbocycles. The molecule has 1 saturated carbocycles. The molecule has 0 amide bonds. The minimum atomic E-state index is -0.937. The Labute approximate surface area is 123 Å². The van der Waals surface area contributed by atoms with Crippen molar-refractivity contribution in [3.63, 3.8) is 0 Å². The Bertz CT molecular complexity index is 573. The summed E-state index contributed by atoms with van der Waals surface area (Å²) < 4.78 is 5.92. The zero-order chi connectivity index (χ0) is 14.4. The Hall–Kier alpha value is -1.53. The Morgan fingerprint density at radius 2 is 2.24 bits per heavy atom. The van der Waals surface area contributed by atoms with Crippen LogP contribution in [0.5, 0.6) is 0 Å². The first kappa shape index (κ1) is 13.2. The van der Waals surface area contributed by atoms with Crippen LogP contribution in [0.1, 0.15) is 59.6 Å². The number of ether oxygens (including phenoxy) is 1. The lowest BCUT2D eigenvalue weighted by atomic mass is 10.1. The lowest BCUT2D eigenvalue weighted by molar-refractivity contribution is -0.0542. The second-order valence-electron chi connectivity index (χ2n) is 6.22. The number of carboxylic acid groups (broad SMARTS) is 1. The summed E-state index contributed by atoms with van der Waals surface area (Å²) in [5.41, 5.74) is 0.941. The van der Waals surface area contributed by atoms with Crippen LogP contribution in [-0.4, -0.2) is 51.7 Å². The van der Waals surface area contributed by atoms with Crippen LogP contribution in [0, 0.1) is 0 Å². The first-order chi connectivity index (χ1) is 10.2. The van der Waals surface area contributed by atoms with E-state index in [1.54, 1.807) is 0 Å². The number of morpholine rings is 1. The zero-order valence-corrected chi connectivity index (χ0v) is 11.9.